The van der Waals surface area contributed by atoms with Gasteiger partial charge in [-0.1, -0.05) is 18.2 Å². The van der Waals surface area contributed by atoms with Crippen LogP contribution >= 0.6 is 0 Å². The zero-order valence-corrected chi connectivity index (χ0v) is 17.0. The van der Waals surface area contributed by atoms with Gasteiger partial charge in [-0.2, -0.15) is 22.1 Å². The number of rotatable bonds is 5. The highest BCUT2D eigenvalue weighted by atomic mass is 32.2. The molecule has 0 unspecified atom stereocenters. The summed E-state index contributed by atoms with van der Waals surface area (Å²) in [6, 6.07) is 9.34. The second-order valence-corrected chi connectivity index (χ2v) is 9.00. The van der Waals surface area contributed by atoms with E-state index in [9.17, 15) is 13.2 Å². The van der Waals surface area contributed by atoms with Crippen molar-refractivity contribution in [1.29, 1.82) is 0 Å². The van der Waals surface area contributed by atoms with Crippen molar-refractivity contribution in [2.24, 2.45) is 0 Å². The minimum atomic E-state index is -3.50. The predicted molar refractivity (Wildman–Crippen MR) is 107 cm³/mol. The molecule has 0 N–H and O–H groups in total. The molecule has 1 aromatic carbocycles. The monoisotopic (exact) mass is 419 g/mol. The molecule has 3 heterocycles. The highest BCUT2D eigenvalue weighted by Crippen LogP contribution is 2.18. The van der Waals surface area contributed by atoms with Crippen molar-refractivity contribution in [1.82, 2.24) is 23.3 Å². The molecule has 10 heteroatoms. The van der Waals surface area contributed by atoms with E-state index in [0.29, 0.717) is 64.6 Å². The Morgan fingerprint density at radius 2 is 1.66 bits per heavy atom. The quantitative estimate of drug-likeness (QED) is 0.694. The first-order chi connectivity index (χ1) is 14.1. The van der Waals surface area contributed by atoms with E-state index in [2.05, 4.69) is 5.10 Å². The third-order valence-corrected chi connectivity index (χ3v) is 7.32. The van der Waals surface area contributed by atoms with Crippen molar-refractivity contribution in [2.75, 3.05) is 52.5 Å². The molecule has 1 amide bonds. The van der Waals surface area contributed by atoms with Crippen LogP contribution in [0.4, 0.5) is 0 Å². The van der Waals surface area contributed by atoms with Gasteiger partial charge in [0.05, 0.1) is 19.8 Å². The van der Waals surface area contributed by atoms with E-state index in [1.54, 1.807) is 15.8 Å². The Balaban J connectivity index is 1.42. The Labute approximate surface area is 170 Å². The van der Waals surface area contributed by atoms with E-state index in [4.69, 9.17) is 4.74 Å². The van der Waals surface area contributed by atoms with Gasteiger partial charge in [-0.15, -0.1) is 0 Å². The van der Waals surface area contributed by atoms with Gasteiger partial charge in [0.1, 0.15) is 0 Å². The van der Waals surface area contributed by atoms with Gasteiger partial charge in [0.15, 0.2) is 0 Å². The van der Waals surface area contributed by atoms with Crippen molar-refractivity contribution in [3.8, 4) is 0 Å². The van der Waals surface area contributed by atoms with Crippen LogP contribution in [-0.2, 0) is 21.5 Å². The molecule has 0 radical (unpaired) electrons. The molecule has 0 aliphatic carbocycles. The first-order valence-electron chi connectivity index (χ1n) is 9.73. The maximum atomic E-state index is 13.1. The molecule has 2 aliphatic heterocycles. The number of carbonyl (C=O) groups excluding carboxylic acids is 1. The topological polar surface area (TPSA) is 88.0 Å². The maximum Gasteiger partial charge on any atom is 0.282 e. The molecule has 4 rings (SSSR count). The third kappa shape index (κ3) is 4.35. The average Bonchev–Trinajstić information content (AvgIpc) is 3.27. The van der Waals surface area contributed by atoms with Crippen LogP contribution in [0.3, 0.4) is 0 Å². The summed E-state index contributed by atoms with van der Waals surface area (Å²) in [5.41, 5.74) is 1.53. The van der Waals surface area contributed by atoms with E-state index in [-0.39, 0.29) is 5.91 Å². The van der Waals surface area contributed by atoms with Crippen molar-refractivity contribution >= 4 is 16.1 Å². The maximum absolute atomic E-state index is 13.1. The van der Waals surface area contributed by atoms with Crippen LogP contribution in [0.1, 0.15) is 15.9 Å². The van der Waals surface area contributed by atoms with E-state index in [0.717, 1.165) is 5.56 Å². The number of benzene rings is 1. The van der Waals surface area contributed by atoms with Crippen LogP contribution < -0.4 is 0 Å². The first-order valence-corrected chi connectivity index (χ1v) is 11.1. The number of morpholine rings is 1. The molecule has 2 aliphatic rings. The SMILES string of the molecule is O=C(c1ccccc1Cn1cccn1)N1CCN(S(=O)(=O)N2CCOCC2)CC1. The third-order valence-electron chi connectivity index (χ3n) is 5.29. The summed E-state index contributed by atoms with van der Waals surface area (Å²) in [7, 11) is -3.50. The van der Waals surface area contributed by atoms with Crippen LogP contribution in [0.25, 0.3) is 0 Å². The molecule has 9 nitrogen and oxygen atoms in total. The van der Waals surface area contributed by atoms with Gasteiger partial charge >= 0.3 is 0 Å². The van der Waals surface area contributed by atoms with Gasteiger partial charge in [-0.3, -0.25) is 9.48 Å². The molecule has 0 saturated carbocycles. The second-order valence-electron chi connectivity index (χ2n) is 7.07. The van der Waals surface area contributed by atoms with Gasteiger partial charge in [-0.25, -0.2) is 0 Å². The predicted octanol–water partition coefficient (Wildman–Crippen LogP) is 0.266. The Kier molecular flexibility index (Phi) is 5.95. The number of piperazine rings is 1. The number of carbonyl (C=O) groups is 1. The molecule has 2 fully saturated rings. The summed E-state index contributed by atoms with van der Waals surface area (Å²) in [6.07, 6.45) is 3.56. The molecule has 0 atom stereocenters. The van der Waals surface area contributed by atoms with Crippen LogP contribution in [-0.4, -0.2) is 90.1 Å². The van der Waals surface area contributed by atoms with Gasteiger partial charge < -0.3 is 9.64 Å². The summed E-state index contributed by atoms with van der Waals surface area (Å²) < 4.78 is 35.6. The number of nitrogens with zero attached hydrogens (tertiary/aromatic N) is 5. The lowest BCUT2D eigenvalue weighted by atomic mass is 10.1. The lowest BCUT2D eigenvalue weighted by molar-refractivity contribution is 0.0636. The van der Waals surface area contributed by atoms with Gasteiger partial charge in [-0.05, 0) is 17.7 Å². The largest absolute Gasteiger partial charge is 0.379 e. The molecule has 1 aromatic heterocycles. The smallest absolute Gasteiger partial charge is 0.282 e. The molecule has 156 valence electrons. The summed E-state index contributed by atoms with van der Waals surface area (Å²) in [4.78, 5) is 14.8. The summed E-state index contributed by atoms with van der Waals surface area (Å²) in [6.45, 7) is 3.46. The lowest BCUT2D eigenvalue weighted by Gasteiger charge is -2.37. The van der Waals surface area contributed by atoms with Crippen molar-refractivity contribution < 1.29 is 17.9 Å². The molecule has 0 bridgehead atoms. The Morgan fingerprint density at radius 3 is 2.34 bits per heavy atom. The molecular weight excluding hydrogens is 394 g/mol. The summed E-state index contributed by atoms with van der Waals surface area (Å²) >= 11 is 0. The number of amides is 1. The fourth-order valence-electron chi connectivity index (χ4n) is 3.67. The van der Waals surface area contributed by atoms with Crippen LogP contribution in [0.2, 0.25) is 0 Å². The minimum Gasteiger partial charge on any atom is -0.379 e. The molecule has 29 heavy (non-hydrogen) atoms. The van der Waals surface area contributed by atoms with Gasteiger partial charge in [0.2, 0.25) is 0 Å². The standard InChI is InChI=1S/C19H25N5O4S/c25-19(18-5-2-1-4-17(18)16-22-7-3-6-20-22)21-8-10-23(11-9-21)29(26,27)24-12-14-28-15-13-24/h1-7H,8-16H2. The fourth-order valence-corrected chi connectivity index (χ4v) is 5.23. The highest BCUT2D eigenvalue weighted by molar-refractivity contribution is 7.86. The number of hydrogen-bond acceptors (Lipinski definition) is 5. The van der Waals surface area contributed by atoms with E-state index >= 15 is 0 Å². The summed E-state index contributed by atoms with van der Waals surface area (Å²) in [5.74, 6) is -0.0730. The normalized spacial score (nSPS) is 19.4. The fraction of sp³-hybridized carbons (Fsp3) is 0.474. The van der Waals surface area contributed by atoms with Crippen LogP contribution in [0.15, 0.2) is 42.7 Å². The van der Waals surface area contributed by atoms with E-state index in [1.165, 1.54) is 8.61 Å². The number of ether oxygens (including phenoxy) is 1. The van der Waals surface area contributed by atoms with Crippen molar-refractivity contribution in [3.63, 3.8) is 0 Å². The van der Waals surface area contributed by atoms with Crippen molar-refractivity contribution in [3.05, 3.63) is 53.9 Å². The molecule has 2 aromatic rings. The first kappa shape index (κ1) is 20.0. The van der Waals surface area contributed by atoms with Gasteiger partial charge in [0.25, 0.3) is 16.1 Å². The van der Waals surface area contributed by atoms with Crippen LogP contribution in [0, 0.1) is 0 Å². The number of hydrogen-bond donors (Lipinski definition) is 0. The molecule has 0 spiro atoms. The average molecular weight is 420 g/mol. The van der Waals surface area contributed by atoms with Gasteiger partial charge in [0, 0.05) is 57.2 Å². The number of aromatic nitrogens is 2. The highest BCUT2D eigenvalue weighted by Gasteiger charge is 2.34. The zero-order chi connectivity index (χ0) is 20.3. The van der Waals surface area contributed by atoms with Crippen LogP contribution in [0.5, 0.6) is 0 Å². The van der Waals surface area contributed by atoms with E-state index < -0.39 is 10.2 Å². The Bertz CT molecular complexity index is 933. The minimum absolute atomic E-state index is 0.0730. The van der Waals surface area contributed by atoms with E-state index in [1.807, 2.05) is 36.5 Å². The molecule has 2 saturated heterocycles. The lowest BCUT2D eigenvalue weighted by Crippen LogP contribution is -2.55. The zero-order valence-electron chi connectivity index (χ0n) is 16.2. The molecular formula is C19H25N5O4S. The second kappa shape index (κ2) is 8.62. The summed E-state index contributed by atoms with van der Waals surface area (Å²) in [5, 5.41) is 4.21. The Hall–Kier alpha value is -2.27. The van der Waals surface area contributed by atoms with Crippen molar-refractivity contribution in [2.45, 2.75) is 6.54 Å². The Morgan fingerprint density at radius 1 is 0.966 bits per heavy atom.